The van der Waals surface area contributed by atoms with Crippen molar-refractivity contribution in [1.82, 2.24) is 5.32 Å². The highest BCUT2D eigenvalue weighted by Crippen LogP contribution is 2.21. The molecule has 2 aliphatic heterocycles. The number of rotatable bonds is 0. The van der Waals surface area contributed by atoms with Gasteiger partial charge in [0.25, 0.3) is 0 Å². The predicted molar refractivity (Wildman–Crippen MR) is 36.0 cm³/mol. The van der Waals surface area contributed by atoms with Crippen LogP contribution in [0.1, 0.15) is 6.42 Å². The Morgan fingerprint density at radius 2 is 2.36 bits per heavy atom. The van der Waals surface area contributed by atoms with Crippen molar-refractivity contribution in [2.45, 2.75) is 6.42 Å². The van der Waals surface area contributed by atoms with Crippen LogP contribution >= 0.6 is 0 Å². The normalized spacial score (nSPS) is 21.6. The van der Waals surface area contributed by atoms with Gasteiger partial charge >= 0.3 is 0 Å². The molecule has 1 amide bonds. The molecule has 0 radical (unpaired) electrons. The monoisotopic (exact) mass is 153 g/mol. The third-order valence-electron chi connectivity index (χ3n) is 1.52. The number of hydrogen-bond donors (Lipinski definition) is 1. The molecule has 0 aromatic carbocycles. The average molecular weight is 153 g/mol. The Balaban J connectivity index is 2.27. The van der Waals surface area contributed by atoms with Crippen LogP contribution in [0.2, 0.25) is 0 Å². The molecule has 0 aromatic heterocycles. The summed E-state index contributed by atoms with van der Waals surface area (Å²) in [5.74, 6) is 1.20. The van der Waals surface area contributed by atoms with Gasteiger partial charge in [-0.3, -0.25) is 4.79 Å². The Morgan fingerprint density at radius 3 is 3.27 bits per heavy atom. The van der Waals surface area contributed by atoms with Gasteiger partial charge in [0.1, 0.15) is 0 Å². The minimum Gasteiger partial charge on any atom is -0.457 e. The van der Waals surface area contributed by atoms with Gasteiger partial charge in [-0.2, -0.15) is 0 Å². The number of nitrogens with one attached hydrogen (secondary N) is 1. The molecule has 0 saturated heterocycles. The van der Waals surface area contributed by atoms with Gasteiger partial charge < -0.3 is 14.8 Å². The molecule has 11 heavy (non-hydrogen) atoms. The van der Waals surface area contributed by atoms with E-state index in [0.29, 0.717) is 11.5 Å². The van der Waals surface area contributed by atoms with E-state index < -0.39 is 0 Å². The first-order valence-corrected chi connectivity index (χ1v) is 3.31. The predicted octanol–water partition coefficient (Wildman–Crippen LogP) is 0.236. The molecule has 4 heteroatoms. The van der Waals surface area contributed by atoms with Crippen LogP contribution in [-0.2, 0) is 14.3 Å². The quantitative estimate of drug-likeness (QED) is 0.542. The van der Waals surface area contributed by atoms with E-state index in [1.54, 1.807) is 12.3 Å². The van der Waals surface area contributed by atoms with Crippen molar-refractivity contribution in [3.63, 3.8) is 0 Å². The molecular formula is C7H7NO3. The molecule has 2 rings (SSSR count). The van der Waals surface area contributed by atoms with Crippen LogP contribution in [0, 0.1) is 0 Å². The molecule has 0 bridgehead atoms. The molecular weight excluding hydrogens is 146 g/mol. The third kappa shape index (κ3) is 1.07. The van der Waals surface area contributed by atoms with E-state index in [0.717, 1.165) is 0 Å². The summed E-state index contributed by atoms with van der Waals surface area (Å²) in [6, 6.07) is 0. The zero-order valence-corrected chi connectivity index (χ0v) is 5.79. The second-order valence-electron chi connectivity index (χ2n) is 2.27. The van der Waals surface area contributed by atoms with E-state index in [9.17, 15) is 4.79 Å². The van der Waals surface area contributed by atoms with Crippen LogP contribution in [-0.4, -0.2) is 12.7 Å². The fourth-order valence-corrected chi connectivity index (χ4v) is 1.00. The summed E-state index contributed by atoms with van der Waals surface area (Å²) in [6.07, 6.45) is 3.51. The standard InChI is InChI=1S/C7H7NO3/c9-7-3-6-5(1-2-8-7)10-4-11-6/h1-2H,3-4H2,(H,8,9). The van der Waals surface area contributed by atoms with Crippen molar-refractivity contribution in [3.8, 4) is 0 Å². The number of carbonyl (C=O) groups is 1. The Morgan fingerprint density at radius 1 is 1.45 bits per heavy atom. The third-order valence-corrected chi connectivity index (χ3v) is 1.52. The van der Waals surface area contributed by atoms with Gasteiger partial charge in [-0.25, -0.2) is 0 Å². The van der Waals surface area contributed by atoms with Gasteiger partial charge in [-0.05, 0) is 6.08 Å². The minimum absolute atomic E-state index is 0.0725. The first-order valence-electron chi connectivity index (χ1n) is 3.31. The lowest BCUT2D eigenvalue weighted by atomic mass is 10.3. The maximum atomic E-state index is 10.9. The smallest absolute Gasteiger partial charge is 0.231 e. The maximum Gasteiger partial charge on any atom is 0.231 e. The second kappa shape index (κ2) is 2.30. The van der Waals surface area contributed by atoms with Gasteiger partial charge in [0, 0.05) is 6.20 Å². The van der Waals surface area contributed by atoms with Crippen molar-refractivity contribution >= 4 is 5.91 Å². The molecule has 0 fully saturated rings. The van der Waals surface area contributed by atoms with E-state index in [2.05, 4.69) is 5.32 Å². The summed E-state index contributed by atoms with van der Waals surface area (Å²) in [5.41, 5.74) is 0. The van der Waals surface area contributed by atoms with Gasteiger partial charge in [0.05, 0.1) is 6.42 Å². The largest absolute Gasteiger partial charge is 0.457 e. The molecule has 0 unspecified atom stereocenters. The van der Waals surface area contributed by atoms with Gasteiger partial charge in [0.2, 0.25) is 12.7 Å². The Hall–Kier alpha value is -1.45. The molecule has 0 saturated carbocycles. The molecule has 0 atom stereocenters. The fraction of sp³-hybridized carbons (Fsp3) is 0.286. The van der Waals surface area contributed by atoms with Crippen molar-refractivity contribution in [2.24, 2.45) is 0 Å². The van der Waals surface area contributed by atoms with E-state index in [-0.39, 0.29) is 19.1 Å². The minimum atomic E-state index is -0.0725. The lowest BCUT2D eigenvalue weighted by Gasteiger charge is -1.97. The van der Waals surface area contributed by atoms with E-state index in [4.69, 9.17) is 9.47 Å². The SMILES string of the molecule is O=C1CC2=C(C=CN1)OCO2. The number of ether oxygens (including phenoxy) is 2. The van der Waals surface area contributed by atoms with E-state index in [1.807, 2.05) is 0 Å². The van der Waals surface area contributed by atoms with Crippen LogP contribution in [0.25, 0.3) is 0 Å². The lowest BCUT2D eigenvalue weighted by molar-refractivity contribution is -0.120. The Labute approximate surface area is 63.5 Å². The molecule has 2 heterocycles. The molecule has 0 spiro atoms. The van der Waals surface area contributed by atoms with Gasteiger partial charge in [0.15, 0.2) is 11.5 Å². The van der Waals surface area contributed by atoms with Crippen molar-refractivity contribution < 1.29 is 14.3 Å². The first kappa shape index (κ1) is 6.27. The summed E-state index contributed by atoms with van der Waals surface area (Å²) < 4.78 is 10.1. The highest BCUT2D eigenvalue weighted by molar-refractivity contribution is 5.80. The number of hydrogen-bond acceptors (Lipinski definition) is 3. The fourth-order valence-electron chi connectivity index (χ4n) is 1.00. The summed E-state index contributed by atoms with van der Waals surface area (Å²) >= 11 is 0. The van der Waals surface area contributed by atoms with Crippen molar-refractivity contribution in [2.75, 3.05) is 6.79 Å². The molecule has 1 N–H and O–H groups in total. The topological polar surface area (TPSA) is 47.6 Å². The van der Waals surface area contributed by atoms with Gasteiger partial charge in [-0.15, -0.1) is 0 Å². The summed E-state index contributed by atoms with van der Waals surface area (Å²) in [4.78, 5) is 10.9. The molecule has 4 nitrogen and oxygen atoms in total. The van der Waals surface area contributed by atoms with E-state index in [1.165, 1.54) is 0 Å². The zero-order valence-electron chi connectivity index (χ0n) is 5.79. The zero-order chi connectivity index (χ0) is 7.68. The number of carbonyl (C=O) groups excluding carboxylic acids is 1. The highest BCUT2D eigenvalue weighted by Gasteiger charge is 2.19. The Kier molecular flexibility index (Phi) is 1.31. The highest BCUT2D eigenvalue weighted by atomic mass is 16.7. The van der Waals surface area contributed by atoms with Crippen LogP contribution in [0.5, 0.6) is 0 Å². The van der Waals surface area contributed by atoms with Crippen LogP contribution < -0.4 is 5.32 Å². The first-order chi connectivity index (χ1) is 5.36. The molecule has 0 aliphatic carbocycles. The number of amides is 1. The van der Waals surface area contributed by atoms with E-state index >= 15 is 0 Å². The lowest BCUT2D eigenvalue weighted by Crippen LogP contribution is -2.16. The number of allylic oxidation sites excluding steroid dienone is 1. The van der Waals surface area contributed by atoms with Gasteiger partial charge in [-0.1, -0.05) is 0 Å². The summed E-state index contributed by atoms with van der Waals surface area (Å²) in [7, 11) is 0. The summed E-state index contributed by atoms with van der Waals surface area (Å²) in [6.45, 7) is 0.224. The van der Waals surface area contributed by atoms with Crippen LogP contribution in [0.3, 0.4) is 0 Å². The molecule has 2 aliphatic rings. The molecule has 58 valence electrons. The summed E-state index contributed by atoms with van der Waals surface area (Å²) in [5, 5.41) is 2.55. The van der Waals surface area contributed by atoms with Crippen molar-refractivity contribution in [1.29, 1.82) is 0 Å². The maximum absolute atomic E-state index is 10.9. The second-order valence-corrected chi connectivity index (χ2v) is 2.27. The average Bonchev–Trinajstić information content (AvgIpc) is 2.31. The Bertz CT molecular complexity index is 254. The van der Waals surface area contributed by atoms with Crippen LogP contribution in [0.15, 0.2) is 23.8 Å². The van der Waals surface area contributed by atoms with Crippen LogP contribution in [0.4, 0.5) is 0 Å². The van der Waals surface area contributed by atoms with Crippen molar-refractivity contribution in [3.05, 3.63) is 23.8 Å². The molecule has 0 aromatic rings.